The summed E-state index contributed by atoms with van der Waals surface area (Å²) in [6, 6.07) is 0.696. The third-order valence-corrected chi connectivity index (χ3v) is 3.60. The van der Waals surface area contributed by atoms with E-state index in [2.05, 4.69) is 31.1 Å². The third-order valence-electron chi connectivity index (χ3n) is 3.60. The molecule has 0 radical (unpaired) electrons. The Hall–Kier alpha value is -0.610. The van der Waals surface area contributed by atoms with Gasteiger partial charge in [-0.1, -0.05) is 6.92 Å². The van der Waals surface area contributed by atoms with E-state index in [9.17, 15) is 9.90 Å². The molecular formula is C13H26N2O2. The summed E-state index contributed by atoms with van der Waals surface area (Å²) in [5, 5.41) is 12.7. The van der Waals surface area contributed by atoms with Gasteiger partial charge in [-0.15, -0.1) is 0 Å². The maximum absolute atomic E-state index is 11.4. The highest BCUT2D eigenvalue weighted by Crippen LogP contribution is 2.25. The molecule has 2 unspecified atom stereocenters. The molecule has 1 fully saturated rings. The van der Waals surface area contributed by atoms with Crippen LogP contribution in [0.4, 0.5) is 0 Å². The van der Waals surface area contributed by atoms with Gasteiger partial charge in [0.15, 0.2) is 0 Å². The van der Waals surface area contributed by atoms with Crippen molar-refractivity contribution in [1.29, 1.82) is 0 Å². The van der Waals surface area contributed by atoms with E-state index < -0.39 is 11.5 Å². The average Bonchev–Trinajstić information content (AvgIpc) is 3.01. The van der Waals surface area contributed by atoms with Crippen molar-refractivity contribution in [2.24, 2.45) is 0 Å². The van der Waals surface area contributed by atoms with Gasteiger partial charge in [-0.25, -0.2) is 0 Å². The van der Waals surface area contributed by atoms with Crippen LogP contribution < -0.4 is 5.32 Å². The summed E-state index contributed by atoms with van der Waals surface area (Å²) in [7, 11) is 2.06. The van der Waals surface area contributed by atoms with E-state index >= 15 is 0 Å². The molecule has 4 nitrogen and oxygen atoms in total. The molecule has 2 N–H and O–H groups in total. The van der Waals surface area contributed by atoms with Gasteiger partial charge in [0.2, 0.25) is 0 Å². The lowest BCUT2D eigenvalue weighted by atomic mass is 9.92. The minimum atomic E-state index is -0.789. The van der Waals surface area contributed by atoms with Crippen LogP contribution in [0.25, 0.3) is 0 Å². The highest BCUT2D eigenvalue weighted by atomic mass is 16.4. The molecule has 1 rings (SSSR count). The predicted molar refractivity (Wildman–Crippen MR) is 69.2 cm³/mol. The Balaban J connectivity index is 2.55. The fourth-order valence-electron chi connectivity index (χ4n) is 2.21. The Morgan fingerprint density at radius 1 is 1.59 bits per heavy atom. The normalized spacial score (nSPS) is 21.2. The summed E-state index contributed by atoms with van der Waals surface area (Å²) in [6.07, 6.45) is 3.97. The summed E-state index contributed by atoms with van der Waals surface area (Å²) in [6.45, 7) is 7.07. The minimum Gasteiger partial charge on any atom is -0.480 e. The number of carbonyl (C=O) groups is 1. The average molecular weight is 242 g/mol. The zero-order valence-corrected chi connectivity index (χ0v) is 11.5. The first-order valence-electron chi connectivity index (χ1n) is 6.60. The Labute approximate surface area is 104 Å². The molecule has 4 heteroatoms. The van der Waals surface area contributed by atoms with Crippen molar-refractivity contribution < 1.29 is 9.90 Å². The van der Waals surface area contributed by atoms with Crippen LogP contribution in [0.2, 0.25) is 0 Å². The van der Waals surface area contributed by atoms with Crippen LogP contribution in [-0.2, 0) is 4.79 Å². The first kappa shape index (κ1) is 14.5. The van der Waals surface area contributed by atoms with Gasteiger partial charge in [0.05, 0.1) is 0 Å². The number of carboxylic acid groups (broad SMARTS) is 1. The molecule has 100 valence electrons. The molecule has 0 amide bonds. The number of hydrogen-bond acceptors (Lipinski definition) is 3. The fraction of sp³-hybridized carbons (Fsp3) is 0.923. The molecule has 0 heterocycles. The van der Waals surface area contributed by atoms with Crippen LogP contribution in [0.15, 0.2) is 0 Å². The molecule has 1 aliphatic carbocycles. The van der Waals surface area contributed by atoms with E-state index in [1.54, 1.807) is 0 Å². The largest absolute Gasteiger partial charge is 0.480 e. The van der Waals surface area contributed by atoms with E-state index in [0.29, 0.717) is 12.5 Å². The monoisotopic (exact) mass is 242 g/mol. The maximum atomic E-state index is 11.4. The van der Waals surface area contributed by atoms with Crippen molar-refractivity contribution in [1.82, 2.24) is 10.2 Å². The molecule has 0 saturated heterocycles. The molecule has 0 aliphatic heterocycles. The summed E-state index contributed by atoms with van der Waals surface area (Å²) in [4.78, 5) is 13.7. The standard InChI is InChI=1S/C13H26N2O2/c1-5-8-15(4)10(2)9-13(3,12(16)17)14-11-6-7-11/h10-11,14H,5-9H2,1-4H3,(H,16,17). The summed E-state index contributed by atoms with van der Waals surface area (Å²) < 4.78 is 0. The zero-order chi connectivity index (χ0) is 13.1. The summed E-state index contributed by atoms with van der Waals surface area (Å²) in [5.41, 5.74) is -0.789. The molecule has 1 saturated carbocycles. The van der Waals surface area contributed by atoms with Crippen LogP contribution in [0.1, 0.15) is 46.5 Å². The highest BCUT2D eigenvalue weighted by Gasteiger charge is 2.39. The lowest BCUT2D eigenvalue weighted by Gasteiger charge is -2.33. The smallest absolute Gasteiger partial charge is 0.323 e. The van der Waals surface area contributed by atoms with Crippen LogP contribution >= 0.6 is 0 Å². The molecule has 0 bridgehead atoms. The third kappa shape index (κ3) is 4.28. The van der Waals surface area contributed by atoms with Crippen molar-refractivity contribution in [3.05, 3.63) is 0 Å². The van der Waals surface area contributed by atoms with E-state index in [1.807, 2.05) is 6.92 Å². The van der Waals surface area contributed by atoms with Crippen molar-refractivity contribution in [3.8, 4) is 0 Å². The van der Waals surface area contributed by atoms with Crippen LogP contribution in [0.5, 0.6) is 0 Å². The van der Waals surface area contributed by atoms with Crippen molar-refractivity contribution in [3.63, 3.8) is 0 Å². The molecule has 17 heavy (non-hydrogen) atoms. The number of carboxylic acids is 1. The first-order valence-corrected chi connectivity index (χ1v) is 6.60. The number of nitrogens with zero attached hydrogens (tertiary/aromatic N) is 1. The van der Waals surface area contributed by atoms with Crippen LogP contribution in [0.3, 0.4) is 0 Å². The summed E-state index contributed by atoms with van der Waals surface area (Å²) in [5.74, 6) is -0.735. The number of rotatable bonds is 8. The fourth-order valence-corrected chi connectivity index (χ4v) is 2.21. The Kier molecular flexibility index (Phi) is 4.95. The second-order valence-electron chi connectivity index (χ2n) is 5.59. The minimum absolute atomic E-state index is 0.280. The lowest BCUT2D eigenvalue weighted by Crippen LogP contribution is -2.54. The van der Waals surface area contributed by atoms with Gasteiger partial charge in [-0.3, -0.25) is 10.1 Å². The molecule has 0 aromatic heterocycles. The first-order chi connectivity index (χ1) is 7.89. The van der Waals surface area contributed by atoms with Gasteiger partial charge in [-0.05, 0) is 53.1 Å². The lowest BCUT2D eigenvalue weighted by molar-refractivity contribution is -0.145. The Bertz CT molecular complexity index is 266. The number of aliphatic carboxylic acids is 1. The second-order valence-corrected chi connectivity index (χ2v) is 5.59. The maximum Gasteiger partial charge on any atom is 0.323 e. The van der Waals surface area contributed by atoms with Gasteiger partial charge in [-0.2, -0.15) is 0 Å². The predicted octanol–water partition coefficient (Wildman–Crippen LogP) is 1.70. The molecule has 0 spiro atoms. The Morgan fingerprint density at radius 3 is 2.59 bits per heavy atom. The van der Waals surface area contributed by atoms with Gasteiger partial charge < -0.3 is 10.0 Å². The molecule has 0 aromatic rings. The van der Waals surface area contributed by atoms with E-state index in [-0.39, 0.29) is 6.04 Å². The summed E-state index contributed by atoms with van der Waals surface area (Å²) >= 11 is 0. The molecule has 2 atom stereocenters. The topological polar surface area (TPSA) is 52.6 Å². The van der Waals surface area contributed by atoms with Crippen LogP contribution in [-0.4, -0.2) is 47.2 Å². The molecule has 1 aliphatic rings. The quantitative estimate of drug-likeness (QED) is 0.680. The Morgan fingerprint density at radius 2 is 2.18 bits per heavy atom. The van der Waals surface area contributed by atoms with Crippen molar-refractivity contribution in [2.45, 2.75) is 64.1 Å². The molecular weight excluding hydrogens is 216 g/mol. The van der Waals surface area contributed by atoms with Crippen molar-refractivity contribution >= 4 is 5.97 Å². The van der Waals surface area contributed by atoms with Crippen molar-refractivity contribution in [2.75, 3.05) is 13.6 Å². The van der Waals surface area contributed by atoms with Gasteiger partial charge in [0.25, 0.3) is 0 Å². The van der Waals surface area contributed by atoms with Gasteiger partial charge in [0, 0.05) is 12.1 Å². The van der Waals surface area contributed by atoms with Gasteiger partial charge in [0.1, 0.15) is 5.54 Å². The van der Waals surface area contributed by atoms with E-state index in [4.69, 9.17) is 0 Å². The number of hydrogen-bond donors (Lipinski definition) is 2. The SMILES string of the molecule is CCCN(C)C(C)CC(C)(NC1CC1)C(=O)O. The van der Waals surface area contributed by atoms with Gasteiger partial charge >= 0.3 is 5.97 Å². The van der Waals surface area contributed by atoms with E-state index in [0.717, 1.165) is 25.8 Å². The molecule has 0 aromatic carbocycles. The highest BCUT2D eigenvalue weighted by molar-refractivity contribution is 5.78. The second kappa shape index (κ2) is 5.83. The van der Waals surface area contributed by atoms with Crippen LogP contribution in [0, 0.1) is 0 Å². The zero-order valence-electron chi connectivity index (χ0n) is 11.5. The van der Waals surface area contributed by atoms with E-state index in [1.165, 1.54) is 0 Å². The number of nitrogens with one attached hydrogen (secondary N) is 1.